The quantitative estimate of drug-likeness (QED) is 0.829. The summed E-state index contributed by atoms with van der Waals surface area (Å²) in [7, 11) is 1.84. The number of carbonyl (C=O) groups is 1. The largest absolute Gasteiger partial charge is 0.348 e. The molecule has 6 heteroatoms. The van der Waals surface area contributed by atoms with Gasteiger partial charge in [0.25, 0.3) is 0 Å². The van der Waals surface area contributed by atoms with E-state index in [-0.39, 0.29) is 16.7 Å². The van der Waals surface area contributed by atoms with Crippen LogP contribution in [0.2, 0.25) is 0 Å². The predicted molar refractivity (Wildman–Crippen MR) is 60.4 cm³/mol. The van der Waals surface area contributed by atoms with Crippen LogP contribution in [0.1, 0.15) is 19.7 Å². The van der Waals surface area contributed by atoms with Crippen LogP contribution < -0.4 is 5.32 Å². The summed E-state index contributed by atoms with van der Waals surface area (Å²) in [5.74, 6) is 0.990. The maximum absolute atomic E-state index is 11.6. The highest BCUT2D eigenvalue weighted by Crippen LogP contribution is 2.11. The van der Waals surface area contributed by atoms with E-state index in [4.69, 9.17) is 0 Å². The molecule has 1 rings (SSSR count). The molecule has 1 N–H and O–H groups in total. The van der Waals surface area contributed by atoms with Crippen LogP contribution in [0.25, 0.3) is 0 Å². The smallest absolute Gasteiger partial charge is 0.234 e. The Kier molecular flexibility index (Phi) is 4.26. The normalized spacial score (nSPS) is 12.9. The predicted octanol–water partition coefficient (Wildman–Crippen LogP) is 0.851. The number of aromatic nitrogens is 3. The fourth-order valence-electron chi connectivity index (χ4n) is 1.03. The molecule has 0 spiro atoms. The number of hydrogen-bond donors (Lipinski definition) is 1. The fourth-order valence-corrected chi connectivity index (χ4v) is 1.20. The van der Waals surface area contributed by atoms with Crippen LogP contribution in [0.3, 0.4) is 0 Å². The molecular formula is C9H15BrN4O. The summed E-state index contributed by atoms with van der Waals surface area (Å²) in [6, 6.07) is 0. The van der Waals surface area contributed by atoms with Gasteiger partial charge in [0.15, 0.2) is 5.82 Å². The highest BCUT2D eigenvalue weighted by Gasteiger charge is 2.18. The van der Waals surface area contributed by atoms with Crippen LogP contribution in [0.5, 0.6) is 0 Å². The molecule has 1 atom stereocenters. The van der Waals surface area contributed by atoms with Crippen LogP contribution in [-0.4, -0.2) is 25.5 Å². The number of aryl methyl sites for hydroxylation is 1. The Morgan fingerprint density at radius 3 is 2.80 bits per heavy atom. The van der Waals surface area contributed by atoms with Gasteiger partial charge in [-0.05, 0) is 5.92 Å². The summed E-state index contributed by atoms with van der Waals surface area (Å²) in [6.07, 6.45) is 1.61. The SMILES string of the molecule is CC(C)C(Br)C(=O)NCc1nncn1C. The number of hydrogen-bond acceptors (Lipinski definition) is 3. The lowest BCUT2D eigenvalue weighted by Gasteiger charge is -2.13. The topological polar surface area (TPSA) is 59.8 Å². The summed E-state index contributed by atoms with van der Waals surface area (Å²) >= 11 is 3.34. The molecule has 1 unspecified atom stereocenters. The zero-order valence-corrected chi connectivity index (χ0v) is 10.7. The van der Waals surface area contributed by atoms with Crippen LogP contribution in [0.4, 0.5) is 0 Å². The molecule has 1 aromatic heterocycles. The van der Waals surface area contributed by atoms with E-state index in [1.165, 1.54) is 0 Å². The van der Waals surface area contributed by atoms with E-state index in [1.54, 1.807) is 10.9 Å². The second-order valence-corrected chi connectivity index (χ2v) is 4.71. The molecule has 0 radical (unpaired) electrons. The minimum atomic E-state index is -0.161. The molecule has 0 fully saturated rings. The van der Waals surface area contributed by atoms with Crippen molar-refractivity contribution in [3.8, 4) is 0 Å². The molecule has 0 aliphatic carbocycles. The Balaban J connectivity index is 2.44. The van der Waals surface area contributed by atoms with E-state index in [9.17, 15) is 4.79 Å². The van der Waals surface area contributed by atoms with Gasteiger partial charge in [0.2, 0.25) is 5.91 Å². The molecule has 0 saturated heterocycles. The second kappa shape index (κ2) is 5.25. The summed E-state index contributed by atoms with van der Waals surface area (Å²) in [5.41, 5.74) is 0. The van der Waals surface area contributed by atoms with Crippen molar-refractivity contribution < 1.29 is 4.79 Å². The third-order valence-electron chi connectivity index (χ3n) is 2.06. The van der Waals surface area contributed by atoms with Crippen molar-refractivity contribution in [1.29, 1.82) is 0 Å². The zero-order chi connectivity index (χ0) is 11.4. The lowest BCUT2D eigenvalue weighted by Crippen LogP contribution is -2.34. The van der Waals surface area contributed by atoms with E-state index in [1.807, 2.05) is 20.9 Å². The van der Waals surface area contributed by atoms with E-state index in [0.717, 1.165) is 5.82 Å². The average molecular weight is 275 g/mol. The van der Waals surface area contributed by atoms with Gasteiger partial charge in [-0.15, -0.1) is 10.2 Å². The lowest BCUT2D eigenvalue weighted by molar-refractivity contribution is -0.121. The number of alkyl halides is 1. The van der Waals surface area contributed by atoms with Gasteiger partial charge in [-0.2, -0.15) is 0 Å². The first kappa shape index (κ1) is 12.2. The number of rotatable bonds is 4. The zero-order valence-electron chi connectivity index (χ0n) is 9.07. The Bertz CT molecular complexity index is 337. The molecule has 0 aromatic carbocycles. The monoisotopic (exact) mass is 274 g/mol. The molecule has 1 heterocycles. The molecule has 0 saturated carbocycles. The van der Waals surface area contributed by atoms with Crippen LogP contribution in [0, 0.1) is 5.92 Å². The molecule has 84 valence electrons. The van der Waals surface area contributed by atoms with Gasteiger partial charge in [-0.1, -0.05) is 29.8 Å². The third kappa shape index (κ3) is 3.30. The van der Waals surface area contributed by atoms with E-state index >= 15 is 0 Å². The van der Waals surface area contributed by atoms with Gasteiger partial charge in [0.05, 0.1) is 11.4 Å². The van der Waals surface area contributed by atoms with Crippen molar-refractivity contribution in [2.24, 2.45) is 13.0 Å². The Morgan fingerprint density at radius 1 is 1.67 bits per heavy atom. The minimum Gasteiger partial charge on any atom is -0.348 e. The molecule has 1 aromatic rings. The van der Waals surface area contributed by atoms with Crippen molar-refractivity contribution in [3.63, 3.8) is 0 Å². The van der Waals surface area contributed by atoms with Crippen molar-refractivity contribution in [2.75, 3.05) is 0 Å². The van der Waals surface area contributed by atoms with E-state index < -0.39 is 0 Å². The number of amides is 1. The average Bonchev–Trinajstić information content (AvgIpc) is 2.59. The number of carbonyl (C=O) groups excluding carboxylic acids is 1. The van der Waals surface area contributed by atoms with Crippen molar-refractivity contribution in [1.82, 2.24) is 20.1 Å². The molecular weight excluding hydrogens is 260 g/mol. The first-order valence-electron chi connectivity index (χ1n) is 4.77. The van der Waals surface area contributed by atoms with Crippen molar-refractivity contribution >= 4 is 21.8 Å². The van der Waals surface area contributed by atoms with Gasteiger partial charge in [-0.25, -0.2) is 0 Å². The first-order chi connectivity index (χ1) is 7.02. The van der Waals surface area contributed by atoms with Gasteiger partial charge < -0.3 is 9.88 Å². The Hall–Kier alpha value is -0.910. The summed E-state index contributed by atoms with van der Waals surface area (Å²) < 4.78 is 1.78. The van der Waals surface area contributed by atoms with Gasteiger partial charge in [-0.3, -0.25) is 4.79 Å². The maximum atomic E-state index is 11.6. The van der Waals surface area contributed by atoms with Crippen molar-refractivity contribution in [2.45, 2.75) is 25.2 Å². The van der Waals surface area contributed by atoms with Gasteiger partial charge in [0, 0.05) is 7.05 Å². The molecule has 5 nitrogen and oxygen atoms in total. The highest BCUT2D eigenvalue weighted by molar-refractivity contribution is 9.10. The summed E-state index contributed by atoms with van der Waals surface area (Å²) in [5, 5.41) is 10.4. The van der Waals surface area contributed by atoms with Crippen LogP contribution >= 0.6 is 15.9 Å². The highest BCUT2D eigenvalue weighted by atomic mass is 79.9. The van der Waals surface area contributed by atoms with Gasteiger partial charge >= 0.3 is 0 Å². The van der Waals surface area contributed by atoms with Crippen molar-refractivity contribution in [3.05, 3.63) is 12.2 Å². The summed E-state index contributed by atoms with van der Waals surface area (Å²) in [6.45, 7) is 4.38. The maximum Gasteiger partial charge on any atom is 0.234 e. The number of halogens is 1. The second-order valence-electron chi connectivity index (χ2n) is 3.72. The van der Waals surface area contributed by atoms with E-state index in [2.05, 4.69) is 31.4 Å². The number of nitrogens with one attached hydrogen (secondary N) is 1. The van der Waals surface area contributed by atoms with Crippen LogP contribution in [0.15, 0.2) is 6.33 Å². The minimum absolute atomic E-state index is 0.0204. The lowest BCUT2D eigenvalue weighted by atomic mass is 10.1. The Labute approximate surface area is 97.4 Å². The summed E-state index contributed by atoms with van der Waals surface area (Å²) in [4.78, 5) is 11.4. The van der Waals surface area contributed by atoms with Crippen LogP contribution in [-0.2, 0) is 18.4 Å². The fraction of sp³-hybridized carbons (Fsp3) is 0.667. The molecule has 0 aliphatic rings. The molecule has 1 amide bonds. The molecule has 0 aliphatic heterocycles. The molecule has 15 heavy (non-hydrogen) atoms. The third-order valence-corrected chi connectivity index (χ3v) is 3.53. The first-order valence-corrected chi connectivity index (χ1v) is 5.68. The van der Waals surface area contributed by atoms with E-state index in [0.29, 0.717) is 6.54 Å². The van der Waals surface area contributed by atoms with Gasteiger partial charge in [0.1, 0.15) is 6.33 Å². The molecule has 0 bridgehead atoms. The Morgan fingerprint density at radius 2 is 2.33 bits per heavy atom. The number of nitrogens with zero attached hydrogens (tertiary/aromatic N) is 3. The standard InChI is InChI=1S/C9H15BrN4O/c1-6(2)8(10)9(15)11-4-7-13-12-5-14(7)3/h5-6,8H,4H2,1-3H3,(H,11,15).